The molecule has 1 aromatic rings. The van der Waals surface area contributed by atoms with Crippen molar-refractivity contribution in [1.82, 2.24) is 4.90 Å². The van der Waals surface area contributed by atoms with Gasteiger partial charge in [0, 0.05) is 23.5 Å². The molecule has 3 heteroatoms. The van der Waals surface area contributed by atoms with Crippen LogP contribution in [-0.4, -0.2) is 24.0 Å². The van der Waals surface area contributed by atoms with Crippen LogP contribution < -0.4 is 5.73 Å². The lowest BCUT2D eigenvalue weighted by Crippen LogP contribution is -2.30. The van der Waals surface area contributed by atoms with E-state index in [1.807, 2.05) is 11.3 Å². The molecule has 0 aromatic carbocycles. The summed E-state index contributed by atoms with van der Waals surface area (Å²) in [4.78, 5) is 4.13. The molecular weight excluding hydrogens is 216 g/mol. The van der Waals surface area contributed by atoms with E-state index in [4.69, 9.17) is 5.73 Å². The smallest absolute Gasteiger partial charge is 0.0418 e. The third kappa shape index (κ3) is 2.17. The molecule has 0 bridgehead atoms. The van der Waals surface area contributed by atoms with Crippen molar-refractivity contribution in [2.24, 2.45) is 11.7 Å². The normalized spacial score (nSPS) is 28.5. The zero-order valence-electron chi connectivity index (χ0n) is 10.4. The summed E-state index contributed by atoms with van der Waals surface area (Å²) in [6.45, 7) is 8.86. The number of likely N-dealkylation sites (tertiary alicyclic amines) is 1. The van der Waals surface area contributed by atoms with Crippen LogP contribution in [0.15, 0.2) is 11.4 Å². The molecule has 0 aliphatic carbocycles. The maximum absolute atomic E-state index is 5.78. The fourth-order valence-corrected chi connectivity index (χ4v) is 3.85. The highest BCUT2D eigenvalue weighted by atomic mass is 32.1. The summed E-state index contributed by atoms with van der Waals surface area (Å²) in [6.07, 6.45) is 1.26. The van der Waals surface area contributed by atoms with Gasteiger partial charge in [-0.2, -0.15) is 0 Å². The minimum Gasteiger partial charge on any atom is -0.330 e. The Morgan fingerprint density at radius 3 is 2.88 bits per heavy atom. The first-order chi connectivity index (χ1) is 7.63. The first-order valence-corrected chi connectivity index (χ1v) is 7.01. The lowest BCUT2D eigenvalue weighted by molar-refractivity contribution is 0.203. The molecule has 2 N–H and O–H groups in total. The van der Waals surface area contributed by atoms with E-state index in [9.17, 15) is 0 Å². The molecule has 1 aromatic heterocycles. The molecule has 2 rings (SSSR count). The molecule has 2 heterocycles. The standard InChI is InChI=1S/C13H22N2S/c1-9-4-5-16-13(9)11(3)15-8-12(7-14)6-10(15)2/h4-5,10-12H,6-8,14H2,1-3H3. The van der Waals surface area contributed by atoms with E-state index in [1.165, 1.54) is 16.9 Å². The van der Waals surface area contributed by atoms with Crippen molar-refractivity contribution >= 4 is 11.3 Å². The van der Waals surface area contributed by atoms with Crippen molar-refractivity contribution in [3.8, 4) is 0 Å². The Labute approximate surface area is 102 Å². The van der Waals surface area contributed by atoms with Crippen LogP contribution in [0.3, 0.4) is 0 Å². The highest BCUT2D eigenvalue weighted by Gasteiger charge is 2.32. The van der Waals surface area contributed by atoms with Crippen molar-refractivity contribution in [1.29, 1.82) is 0 Å². The molecule has 1 aliphatic heterocycles. The number of hydrogen-bond acceptors (Lipinski definition) is 3. The van der Waals surface area contributed by atoms with Gasteiger partial charge in [-0.1, -0.05) is 0 Å². The maximum atomic E-state index is 5.78. The molecule has 0 spiro atoms. The van der Waals surface area contributed by atoms with Crippen LogP contribution in [0.25, 0.3) is 0 Å². The molecule has 0 amide bonds. The monoisotopic (exact) mass is 238 g/mol. The van der Waals surface area contributed by atoms with E-state index in [0.717, 1.165) is 13.1 Å². The summed E-state index contributed by atoms with van der Waals surface area (Å²) in [5, 5.41) is 2.20. The second kappa shape index (κ2) is 4.86. The maximum Gasteiger partial charge on any atom is 0.0418 e. The predicted molar refractivity (Wildman–Crippen MR) is 70.8 cm³/mol. The Morgan fingerprint density at radius 2 is 2.38 bits per heavy atom. The van der Waals surface area contributed by atoms with Crippen molar-refractivity contribution in [3.05, 3.63) is 21.9 Å². The number of thiophene rings is 1. The van der Waals surface area contributed by atoms with E-state index in [1.54, 1.807) is 0 Å². The molecule has 90 valence electrons. The van der Waals surface area contributed by atoms with Gasteiger partial charge >= 0.3 is 0 Å². The first kappa shape index (κ1) is 12.1. The molecule has 3 unspecified atom stereocenters. The van der Waals surface area contributed by atoms with Gasteiger partial charge in [-0.25, -0.2) is 0 Å². The van der Waals surface area contributed by atoms with Crippen molar-refractivity contribution in [3.63, 3.8) is 0 Å². The van der Waals surface area contributed by atoms with E-state index in [2.05, 4.69) is 37.1 Å². The fourth-order valence-electron chi connectivity index (χ4n) is 2.84. The van der Waals surface area contributed by atoms with Crippen LogP contribution in [0.5, 0.6) is 0 Å². The van der Waals surface area contributed by atoms with E-state index < -0.39 is 0 Å². The zero-order chi connectivity index (χ0) is 11.7. The van der Waals surface area contributed by atoms with Gasteiger partial charge in [0.2, 0.25) is 0 Å². The summed E-state index contributed by atoms with van der Waals surface area (Å²) in [5.74, 6) is 0.692. The van der Waals surface area contributed by atoms with Crippen molar-refractivity contribution in [2.75, 3.05) is 13.1 Å². The molecule has 1 fully saturated rings. The van der Waals surface area contributed by atoms with Crippen molar-refractivity contribution in [2.45, 2.75) is 39.3 Å². The van der Waals surface area contributed by atoms with Crippen LogP contribution in [0, 0.1) is 12.8 Å². The van der Waals surface area contributed by atoms with Crippen LogP contribution in [0.4, 0.5) is 0 Å². The number of rotatable bonds is 3. The van der Waals surface area contributed by atoms with Crippen LogP contribution in [-0.2, 0) is 0 Å². The largest absolute Gasteiger partial charge is 0.330 e. The Hall–Kier alpha value is -0.380. The van der Waals surface area contributed by atoms with Gasteiger partial charge in [0.05, 0.1) is 0 Å². The lowest BCUT2D eigenvalue weighted by Gasteiger charge is -2.28. The van der Waals surface area contributed by atoms with Crippen LogP contribution in [0.1, 0.15) is 36.8 Å². The second-order valence-electron chi connectivity index (χ2n) is 5.03. The summed E-state index contributed by atoms with van der Waals surface area (Å²) in [5.41, 5.74) is 7.21. The average Bonchev–Trinajstić information content (AvgIpc) is 2.83. The Balaban J connectivity index is 2.11. The van der Waals surface area contributed by atoms with Gasteiger partial charge in [0.15, 0.2) is 0 Å². The predicted octanol–water partition coefficient (Wildman–Crippen LogP) is 2.79. The fraction of sp³-hybridized carbons (Fsp3) is 0.692. The van der Waals surface area contributed by atoms with Crippen LogP contribution >= 0.6 is 11.3 Å². The zero-order valence-corrected chi connectivity index (χ0v) is 11.3. The van der Waals surface area contributed by atoms with Gasteiger partial charge in [-0.3, -0.25) is 4.90 Å². The van der Waals surface area contributed by atoms with E-state index in [-0.39, 0.29) is 0 Å². The Bertz CT molecular complexity index is 347. The quantitative estimate of drug-likeness (QED) is 0.877. The minimum atomic E-state index is 0.548. The minimum absolute atomic E-state index is 0.548. The molecule has 0 radical (unpaired) electrons. The third-order valence-corrected chi connectivity index (χ3v) is 5.01. The van der Waals surface area contributed by atoms with Gasteiger partial charge < -0.3 is 5.73 Å². The molecule has 3 atom stereocenters. The van der Waals surface area contributed by atoms with Crippen LogP contribution in [0.2, 0.25) is 0 Å². The van der Waals surface area contributed by atoms with Gasteiger partial charge in [-0.05, 0) is 56.7 Å². The van der Waals surface area contributed by atoms with Crippen molar-refractivity contribution < 1.29 is 0 Å². The molecular formula is C13H22N2S. The topological polar surface area (TPSA) is 29.3 Å². The number of nitrogens with two attached hydrogens (primary N) is 1. The second-order valence-corrected chi connectivity index (χ2v) is 5.97. The van der Waals surface area contributed by atoms with E-state index in [0.29, 0.717) is 18.0 Å². The molecule has 0 saturated carbocycles. The number of nitrogens with zero attached hydrogens (tertiary/aromatic N) is 1. The number of hydrogen-bond donors (Lipinski definition) is 1. The number of aryl methyl sites for hydroxylation is 1. The summed E-state index contributed by atoms with van der Waals surface area (Å²) in [6, 6.07) is 3.44. The van der Waals surface area contributed by atoms with Gasteiger partial charge in [0.25, 0.3) is 0 Å². The Kier molecular flexibility index (Phi) is 3.67. The Morgan fingerprint density at radius 1 is 1.62 bits per heavy atom. The van der Waals surface area contributed by atoms with Gasteiger partial charge in [0.1, 0.15) is 0 Å². The van der Waals surface area contributed by atoms with Gasteiger partial charge in [-0.15, -0.1) is 11.3 Å². The SMILES string of the molecule is Cc1ccsc1C(C)N1CC(CN)CC1C. The highest BCUT2D eigenvalue weighted by molar-refractivity contribution is 7.10. The third-order valence-electron chi connectivity index (χ3n) is 3.82. The summed E-state index contributed by atoms with van der Waals surface area (Å²) < 4.78 is 0. The average molecular weight is 238 g/mol. The highest BCUT2D eigenvalue weighted by Crippen LogP contribution is 2.35. The molecule has 16 heavy (non-hydrogen) atoms. The molecule has 2 nitrogen and oxygen atoms in total. The lowest BCUT2D eigenvalue weighted by atomic mass is 10.1. The van der Waals surface area contributed by atoms with E-state index >= 15 is 0 Å². The summed E-state index contributed by atoms with van der Waals surface area (Å²) >= 11 is 1.88. The summed E-state index contributed by atoms with van der Waals surface area (Å²) in [7, 11) is 0. The molecule has 1 saturated heterocycles. The first-order valence-electron chi connectivity index (χ1n) is 6.13. The molecule has 1 aliphatic rings.